The van der Waals surface area contributed by atoms with Crippen molar-refractivity contribution >= 4 is 21.9 Å². The Morgan fingerprint density at radius 2 is 1.88 bits per heavy atom. The zero-order valence-corrected chi connectivity index (χ0v) is 14.5. The summed E-state index contributed by atoms with van der Waals surface area (Å²) >= 11 is 3.19. The van der Waals surface area contributed by atoms with E-state index in [-0.39, 0.29) is 18.5 Å². The molecule has 0 bridgehead atoms. The summed E-state index contributed by atoms with van der Waals surface area (Å²) in [4.78, 5) is 11.5. The van der Waals surface area contributed by atoms with Crippen LogP contribution < -0.4 is 5.32 Å². The maximum Gasteiger partial charge on any atom is 0.407 e. The summed E-state index contributed by atoms with van der Waals surface area (Å²) in [5.41, 5.74) is -0.914. The molecule has 0 spiro atoms. The van der Waals surface area contributed by atoms with Gasteiger partial charge in [-0.05, 0) is 43.5 Å². The average molecular weight is 410 g/mol. The SMILES string of the molecule is O=C(O)C1(CCN[C@@H](c2ccc(Br)cc2)C(F)(F)F)CCOCC1. The van der Waals surface area contributed by atoms with E-state index in [0.29, 0.717) is 30.5 Å². The van der Waals surface area contributed by atoms with Crippen LogP contribution in [0.5, 0.6) is 0 Å². The van der Waals surface area contributed by atoms with E-state index < -0.39 is 23.6 Å². The van der Waals surface area contributed by atoms with Crippen LogP contribution >= 0.6 is 15.9 Å². The number of hydrogen-bond donors (Lipinski definition) is 2. The summed E-state index contributed by atoms with van der Waals surface area (Å²) in [6.07, 6.45) is -3.69. The van der Waals surface area contributed by atoms with E-state index in [1.807, 2.05) is 0 Å². The molecule has 1 atom stereocenters. The molecule has 1 aliphatic heterocycles. The molecule has 0 unspecified atom stereocenters. The van der Waals surface area contributed by atoms with Gasteiger partial charge in [0.15, 0.2) is 0 Å². The lowest BCUT2D eigenvalue weighted by molar-refractivity contribution is -0.160. The Balaban J connectivity index is 2.05. The molecule has 2 N–H and O–H groups in total. The second-order valence-corrected chi connectivity index (χ2v) is 6.84. The van der Waals surface area contributed by atoms with E-state index in [9.17, 15) is 23.1 Å². The standard InChI is InChI=1S/C16H19BrF3NO3/c17-12-3-1-11(2-4-12)13(16(18,19)20)21-8-5-15(14(22)23)6-9-24-10-7-15/h1-4,13,21H,5-10H2,(H,22,23)/t13-/m0/s1. The first-order valence-electron chi connectivity index (χ1n) is 7.61. The predicted molar refractivity (Wildman–Crippen MR) is 85.7 cm³/mol. The molecule has 1 aromatic rings. The van der Waals surface area contributed by atoms with Crippen LogP contribution in [0.3, 0.4) is 0 Å². The first kappa shape index (κ1) is 19.2. The highest BCUT2D eigenvalue weighted by Gasteiger charge is 2.43. The fraction of sp³-hybridized carbons (Fsp3) is 0.562. The number of nitrogens with one attached hydrogen (secondary N) is 1. The topological polar surface area (TPSA) is 58.6 Å². The first-order valence-corrected chi connectivity index (χ1v) is 8.41. The van der Waals surface area contributed by atoms with Crippen molar-refractivity contribution < 1.29 is 27.8 Å². The monoisotopic (exact) mass is 409 g/mol. The van der Waals surface area contributed by atoms with Gasteiger partial charge >= 0.3 is 12.1 Å². The molecule has 1 aliphatic rings. The van der Waals surface area contributed by atoms with Gasteiger partial charge in [-0.3, -0.25) is 4.79 Å². The fourth-order valence-electron chi connectivity index (χ4n) is 2.87. The molecule has 0 aliphatic carbocycles. The van der Waals surface area contributed by atoms with Gasteiger partial charge in [0, 0.05) is 17.7 Å². The molecule has 0 radical (unpaired) electrons. The highest BCUT2D eigenvalue weighted by molar-refractivity contribution is 9.10. The zero-order valence-electron chi connectivity index (χ0n) is 12.9. The Labute approximate surface area is 146 Å². The molecule has 134 valence electrons. The quantitative estimate of drug-likeness (QED) is 0.747. The van der Waals surface area contributed by atoms with Crippen molar-refractivity contribution in [2.45, 2.75) is 31.5 Å². The van der Waals surface area contributed by atoms with Gasteiger partial charge in [0.05, 0.1) is 5.41 Å². The van der Waals surface area contributed by atoms with Crippen LogP contribution in [0.15, 0.2) is 28.7 Å². The Kier molecular flexibility index (Phi) is 6.28. The molecular weight excluding hydrogens is 391 g/mol. The molecule has 0 amide bonds. The van der Waals surface area contributed by atoms with Gasteiger partial charge in [0.1, 0.15) is 6.04 Å². The van der Waals surface area contributed by atoms with Crippen LogP contribution in [-0.2, 0) is 9.53 Å². The van der Waals surface area contributed by atoms with E-state index in [1.165, 1.54) is 12.1 Å². The molecule has 24 heavy (non-hydrogen) atoms. The van der Waals surface area contributed by atoms with Crippen molar-refractivity contribution in [3.63, 3.8) is 0 Å². The molecule has 1 aromatic carbocycles. The van der Waals surface area contributed by atoms with Crippen LogP contribution in [0.1, 0.15) is 30.9 Å². The van der Waals surface area contributed by atoms with Crippen LogP contribution in [-0.4, -0.2) is 37.0 Å². The summed E-state index contributed by atoms with van der Waals surface area (Å²) in [7, 11) is 0. The third kappa shape index (κ3) is 4.70. The van der Waals surface area contributed by atoms with Crippen molar-refractivity contribution in [1.29, 1.82) is 0 Å². The maximum atomic E-state index is 13.3. The lowest BCUT2D eigenvalue weighted by atomic mass is 9.77. The van der Waals surface area contributed by atoms with Gasteiger partial charge in [-0.25, -0.2) is 0 Å². The summed E-state index contributed by atoms with van der Waals surface area (Å²) in [6, 6.07) is 4.07. The largest absolute Gasteiger partial charge is 0.481 e. The van der Waals surface area contributed by atoms with Crippen molar-refractivity contribution in [2.75, 3.05) is 19.8 Å². The van der Waals surface area contributed by atoms with Gasteiger partial charge in [-0.1, -0.05) is 28.1 Å². The van der Waals surface area contributed by atoms with Crippen molar-refractivity contribution in [1.82, 2.24) is 5.32 Å². The molecule has 1 saturated heterocycles. The number of aliphatic carboxylic acids is 1. The summed E-state index contributed by atoms with van der Waals surface area (Å²) in [5.74, 6) is -0.972. The first-order chi connectivity index (χ1) is 11.2. The Hall–Kier alpha value is -1.12. The number of hydrogen-bond acceptors (Lipinski definition) is 3. The molecule has 1 fully saturated rings. The van der Waals surface area contributed by atoms with Crippen LogP contribution in [0, 0.1) is 5.41 Å². The number of alkyl halides is 3. The molecule has 2 rings (SSSR count). The molecule has 8 heteroatoms. The third-order valence-electron chi connectivity index (χ3n) is 4.39. The molecule has 0 saturated carbocycles. The average Bonchev–Trinajstić information content (AvgIpc) is 2.52. The van der Waals surface area contributed by atoms with Gasteiger partial charge in [-0.2, -0.15) is 13.2 Å². The Bertz CT molecular complexity index is 557. The van der Waals surface area contributed by atoms with E-state index in [2.05, 4.69) is 21.2 Å². The van der Waals surface area contributed by atoms with Crippen LogP contribution in [0.2, 0.25) is 0 Å². The fourth-order valence-corrected chi connectivity index (χ4v) is 3.13. The molecule has 4 nitrogen and oxygen atoms in total. The maximum absolute atomic E-state index is 13.3. The van der Waals surface area contributed by atoms with Crippen molar-refractivity contribution in [3.05, 3.63) is 34.3 Å². The van der Waals surface area contributed by atoms with E-state index >= 15 is 0 Å². The summed E-state index contributed by atoms with van der Waals surface area (Å²) in [6.45, 7) is 0.607. The Morgan fingerprint density at radius 3 is 2.38 bits per heavy atom. The number of rotatable bonds is 6. The number of carboxylic acid groups (broad SMARTS) is 1. The predicted octanol–water partition coefficient (Wildman–Crippen LogP) is 3.91. The highest BCUT2D eigenvalue weighted by atomic mass is 79.9. The van der Waals surface area contributed by atoms with Gasteiger partial charge in [-0.15, -0.1) is 0 Å². The smallest absolute Gasteiger partial charge is 0.407 e. The number of carboxylic acids is 1. The highest BCUT2D eigenvalue weighted by Crippen LogP contribution is 2.36. The summed E-state index contributed by atoms with van der Waals surface area (Å²) < 4.78 is 45.8. The van der Waals surface area contributed by atoms with E-state index in [0.717, 1.165) is 0 Å². The minimum Gasteiger partial charge on any atom is -0.481 e. The number of halogens is 4. The Morgan fingerprint density at radius 1 is 1.29 bits per heavy atom. The normalized spacial score (nSPS) is 19.0. The minimum absolute atomic E-state index is 0.0352. The molecular formula is C16H19BrF3NO3. The minimum atomic E-state index is -4.46. The second-order valence-electron chi connectivity index (χ2n) is 5.93. The van der Waals surface area contributed by atoms with Crippen LogP contribution in [0.25, 0.3) is 0 Å². The van der Waals surface area contributed by atoms with Gasteiger partial charge < -0.3 is 15.2 Å². The second kappa shape index (κ2) is 7.84. The lowest BCUT2D eigenvalue weighted by Gasteiger charge is -2.34. The van der Waals surface area contributed by atoms with Crippen molar-refractivity contribution in [2.24, 2.45) is 5.41 Å². The number of benzene rings is 1. The van der Waals surface area contributed by atoms with Gasteiger partial charge in [0.2, 0.25) is 0 Å². The molecule has 1 heterocycles. The van der Waals surface area contributed by atoms with E-state index in [4.69, 9.17) is 4.74 Å². The van der Waals surface area contributed by atoms with Crippen LogP contribution in [0.4, 0.5) is 13.2 Å². The lowest BCUT2D eigenvalue weighted by Crippen LogP contribution is -2.42. The number of carbonyl (C=O) groups is 1. The third-order valence-corrected chi connectivity index (χ3v) is 4.91. The van der Waals surface area contributed by atoms with E-state index in [1.54, 1.807) is 12.1 Å². The van der Waals surface area contributed by atoms with Crippen molar-refractivity contribution in [3.8, 4) is 0 Å². The number of ether oxygens (including phenoxy) is 1. The zero-order chi connectivity index (χ0) is 17.8. The summed E-state index contributed by atoms with van der Waals surface area (Å²) in [5, 5.41) is 11.9. The molecule has 0 aromatic heterocycles. The van der Waals surface area contributed by atoms with Gasteiger partial charge in [0.25, 0.3) is 0 Å².